The number of benzene rings is 4. The predicted molar refractivity (Wildman–Crippen MR) is 174 cm³/mol. The number of aliphatic hydroxyl groups excluding tert-OH is 1. The summed E-state index contributed by atoms with van der Waals surface area (Å²) in [6, 6.07) is 24.3. The Hall–Kier alpha value is -4.93. The van der Waals surface area contributed by atoms with Crippen LogP contribution in [0.25, 0.3) is 10.8 Å². The monoisotopic (exact) mass is 610 g/mol. The van der Waals surface area contributed by atoms with Gasteiger partial charge >= 0.3 is 12.0 Å². The molecule has 4 N–H and O–H groups in total. The zero-order valence-corrected chi connectivity index (χ0v) is 25.6. The number of aliphatic hydroxyl groups is 1. The van der Waals surface area contributed by atoms with Crippen LogP contribution < -0.4 is 15.4 Å². The molecule has 1 aliphatic heterocycles. The van der Waals surface area contributed by atoms with Gasteiger partial charge in [0.15, 0.2) is 0 Å². The number of urea groups is 1. The fraction of sp³-hybridized carbons (Fsp3) is 0.286. The number of fused-ring (bicyclic) bond motifs is 2. The van der Waals surface area contributed by atoms with Crippen molar-refractivity contribution in [1.29, 1.82) is 0 Å². The third kappa shape index (κ3) is 7.42. The first-order valence-electron chi connectivity index (χ1n) is 14.9. The van der Waals surface area contributed by atoms with Crippen molar-refractivity contribution < 1.29 is 29.3 Å². The molecule has 0 saturated carbocycles. The Morgan fingerprint density at radius 2 is 1.76 bits per heavy atom. The molecule has 0 fully saturated rings. The third-order valence-electron chi connectivity index (χ3n) is 8.11. The van der Waals surface area contributed by atoms with Gasteiger partial charge in [0.2, 0.25) is 0 Å². The molecule has 1 heterocycles. The first-order valence-corrected chi connectivity index (χ1v) is 14.9. The van der Waals surface area contributed by atoms with E-state index in [-0.39, 0.29) is 30.1 Å². The molecular weight excluding hydrogens is 572 g/mol. The predicted octanol–water partition coefficient (Wildman–Crippen LogP) is 5.53. The molecule has 10 nitrogen and oxygen atoms in total. The molecule has 0 aromatic heterocycles. The number of hydrogen-bond donors (Lipinski definition) is 4. The summed E-state index contributed by atoms with van der Waals surface area (Å²) in [4.78, 5) is 41.8. The van der Waals surface area contributed by atoms with Gasteiger partial charge < -0.3 is 30.5 Å². The van der Waals surface area contributed by atoms with Gasteiger partial charge in [0.05, 0.1) is 29.5 Å². The lowest BCUT2D eigenvalue weighted by Crippen LogP contribution is -2.49. The van der Waals surface area contributed by atoms with E-state index in [0.29, 0.717) is 42.3 Å². The number of ether oxygens (including phenoxy) is 1. The van der Waals surface area contributed by atoms with Crippen LogP contribution in [0.5, 0.6) is 5.75 Å². The highest BCUT2D eigenvalue weighted by Crippen LogP contribution is 2.31. The van der Waals surface area contributed by atoms with Crippen molar-refractivity contribution in [3.63, 3.8) is 0 Å². The topological polar surface area (TPSA) is 131 Å². The number of carboxylic acids is 1. The number of amides is 3. The molecule has 1 aliphatic rings. The highest BCUT2D eigenvalue weighted by Gasteiger charge is 2.33. The molecule has 0 unspecified atom stereocenters. The van der Waals surface area contributed by atoms with E-state index < -0.39 is 18.0 Å². The van der Waals surface area contributed by atoms with Gasteiger partial charge in [-0.2, -0.15) is 0 Å². The van der Waals surface area contributed by atoms with Crippen molar-refractivity contribution in [2.75, 3.05) is 37.4 Å². The van der Waals surface area contributed by atoms with Crippen LogP contribution in [0, 0.1) is 5.92 Å². The van der Waals surface area contributed by atoms with Crippen LogP contribution >= 0.6 is 0 Å². The standard InChI is InChI=1S/C35H38N4O6/c1-22-18-39(23(2)21-40)33(41)29-17-27(36-35(44)37-30-10-6-8-25-7-4-5-9-28(25)30)15-16-31(29)45-32(22)20-38(3)19-24-11-13-26(14-12-24)34(42)43/h4-17,22-23,32,40H,18-21H2,1-3H3,(H,42,43)(H2,36,37,44)/t22-,23-,32-/m1/s1. The maximum atomic E-state index is 13.8. The van der Waals surface area contributed by atoms with E-state index in [9.17, 15) is 24.6 Å². The van der Waals surface area contributed by atoms with Crippen molar-refractivity contribution in [3.05, 3.63) is 102 Å². The molecule has 3 amide bonds. The lowest BCUT2D eigenvalue weighted by molar-refractivity contribution is 0.0341. The summed E-state index contributed by atoms with van der Waals surface area (Å²) in [5.74, 6) is -0.935. The van der Waals surface area contributed by atoms with Crippen LogP contribution in [-0.2, 0) is 6.54 Å². The van der Waals surface area contributed by atoms with Crippen LogP contribution in [0.2, 0.25) is 0 Å². The van der Waals surface area contributed by atoms with Crippen LogP contribution in [0.4, 0.5) is 16.2 Å². The van der Waals surface area contributed by atoms with Crippen LogP contribution in [0.15, 0.2) is 84.9 Å². The largest absolute Gasteiger partial charge is 0.488 e. The normalized spacial score (nSPS) is 17.2. The van der Waals surface area contributed by atoms with Crippen molar-refractivity contribution in [3.8, 4) is 5.75 Å². The summed E-state index contributed by atoms with van der Waals surface area (Å²) in [5.41, 5.74) is 2.58. The average Bonchev–Trinajstić information content (AvgIpc) is 3.03. The maximum absolute atomic E-state index is 13.8. The second-order valence-electron chi connectivity index (χ2n) is 11.6. The minimum absolute atomic E-state index is 0.0720. The van der Waals surface area contributed by atoms with Gasteiger partial charge in [0.25, 0.3) is 5.91 Å². The molecule has 4 aromatic rings. The van der Waals surface area contributed by atoms with Gasteiger partial charge in [0, 0.05) is 36.6 Å². The van der Waals surface area contributed by atoms with Crippen molar-refractivity contribution >= 4 is 40.1 Å². The number of aromatic carboxylic acids is 1. The summed E-state index contributed by atoms with van der Waals surface area (Å²) in [6.45, 7) is 5.09. The van der Waals surface area contributed by atoms with Crippen molar-refractivity contribution in [2.24, 2.45) is 5.92 Å². The fourth-order valence-electron chi connectivity index (χ4n) is 5.57. The minimum Gasteiger partial charge on any atom is -0.488 e. The SMILES string of the molecule is C[C@@H]1CN([C@H](C)CO)C(=O)c2cc(NC(=O)Nc3cccc4ccccc34)ccc2O[C@@H]1CN(C)Cc1ccc(C(=O)O)cc1. The maximum Gasteiger partial charge on any atom is 0.335 e. The minimum atomic E-state index is -0.967. The number of likely N-dealkylation sites (N-methyl/N-ethyl adjacent to an activating group) is 1. The Kier molecular flexibility index (Phi) is 9.65. The van der Waals surface area contributed by atoms with E-state index in [0.717, 1.165) is 16.3 Å². The van der Waals surface area contributed by atoms with E-state index in [1.54, 1.807) is 54.3 Å². The van der Waals surface area contributed by atoms with E-state index >= 15 is 0 Å². The molecule has 45 heavy (non-hydrogen) atoms. The molecule has 234 valence electrons. The second kappa shape index (κ2) is 13.8. The average molecular weight is 611 g/mol. The number of hydrogen-bond acceptors (Lipinski definition) is 6. The van der Waals surface area contributed by atoms with Crippen molar-refractivity contribution in [2.45, 2.75) is 32.5 Å². The van der Waals surface area contributed by atoms with E-state index in [4.69, 9.17) is 4.74 Å². The Morgan fingerprint density at radius 3 is 2.49 bits per heavy atom. The van der Waals surface area contributed by atoms with E-state index in [1.807, 2.05) is 56.4 Å². The summed E-state index contributed by atoms with van der Waals surface area (Å²) in [7, 11) is 1.96. The third-order valence-corrected chi connectivity index (χ3v) is 8.11. The Balaban J connectivity index is 1.35. The number of nitrogens with one attached hydrogen (secondary N) is 2. The van der Waals surface area contributed by atoms with E-state index in [1.165, 1.54) is 0 Å². The number of carbonyl (C=O) groups excluding carboxylic acids is 2. The fourth-order valence-corrected chi connectivity index (χ4v) is 5.57. The van der Waals surface area contributed by atoms with Crippen LogP contribution in [0.3, 0.4) is 0 Å². The van der Waals surface area contributed by atoms with Gasteiger partial charge in [-0.1, -0.05) is 55.5 Å². The smallest absolute Gasteiger partial charge is 0.335 e. The van der Waals surface area contributed by atoms with Crippen molar-refractivity contribution in [1.82, 2.24) is 9.80 Å². The molecule has 0 saturated heterocycles. The highest BCUT2D eigenvalue weighted by molar-refractivity contribution is 6.07. The molecule has 0 spiro atoms. The zero-order valence-electron chi connectivity index (χ0n) is 25.6. The van der Waals surface area contributed by atoms with Gasteiger partial charge in [0.1, 0.15) is 11.9 Å². The first kappa shape index (κ1) is 31.5. The van der Waals surface area contributed by atoms with E-state index in [2.05, 4.69) is 15.5 Å². The molecule has 0 aliphatic carbocycles. The Labute approximate surface area is 262 Å². The summed E-state index contributed by atoms with van der Waals surface area (Å²) >= 11 is 0. The molecule has 10 heteroatoms. The van der Waals surface area contributed by atoms with Gasteiger partial charge in [-0.3, -0.25) is 9.69 Å². The molecule has 3 atom stereocenters. The highest BCUT2D eigenvalue weighted by atomic mass is 16.5. The number of carboxylic acid groups (broad SMARTS) is 1. The number of rotatable bonds is 9. The Bertz CT molecular complexity index is 1690. The summed E-state index contributed by atoms with van der Waals surface area (Å²) in [5, 5.41) is 26.8. The molecule has 4 aromatic carbocycles. The van der Waals surface area contributed by atoms with Gasteiger partial charge in [-0.15, -0.1) is 0 Å². The zero-order chi connectivity index (χ0) is 32.1. The van der Waals surface area contributed by atoms with Crippen LogP contribution in [-0.4, -0.2) is 76.8 Å². The molecule has 5 rings (SSSR count). The number of anilines is 2. The lowest BCUT2D eigenvalue weighted by atomic mass is 9.99. The molecule has 0 bridgehead atoms. The van der Waals surface area contributed by atoms with Gasteiger partial charge in [-0.05, 0) is 61.3 Å². The second-order valence-corrected chi connectivity index (χ2v) is 11.6. The molecular formula is C35H38N4O6. The quantitative estimate of drug-likeness (QED) is 0.196. The lowest BCUT2D eigenvalue weighted by Gasteiger charge is -2.38. The van der Waals surface area contributed by atoms with Crippen LogP contribution in [0.1, 0.15) is 40.1 Å². The first-order chi connectivity index (χ1) is 21.6. The number of carbonyl (C=O) groups is 3. The summed E-state index contributed by atoms with van der Waals surface area (Å²) < 4.78 is 6.49. The van der Waals surface area contributed by atoms with Gasteiger partial charge in [-0.25, -0.2) is 9.59 Å². The summed E-state index contributed by atoms with van der Waals surface area (Å²) in [6.07, 6.45) is -0.304. The Morgan fingerprint density at radius 1 is 1.02 bits per heavy atom. The molecule has 0 radical (unpaired) electrons. The number of nitrogens with zero attached hydrogens (tertiary/aromatic N) is 2.